The van der Waals surface area contributed by atoms with Gasteiger partial charge in [0.2, 0.25) is 11.7 Å². The fraction of sp³-hybridized carbons (Fsp3) is 0.391. The Hall–Kier alpha value is -3.42. The zero-order chi connectivity index (χ0) is 21.4. The molecule has 1 saturated carbocycles. The maximum atomic E-state index is 13.1. The Morgan fingerprint density at radius 1 is 1.13 bits per heavy atom. The molecule has 1 N–H and O–H groups in total. The van der Waals surface area contributed by atoms with E-state index >= 15 is 0 Å². The van der Waals surface area contributed by atoms with Gasteiger partial charge in [0.25, 0.3) is 0 Å². The summed E-state index contributed by atoms with van der Waals surface area (Å²) in [6.07, 6.45) is 7.97. The zero-order valence-electron chi connectivity index (χ0n) is 17.6. The standard InChI is InChI=1S/C23H26N6O2/c1-16-7-2-3-9-18(16)25-21(30)15-27-19-10-4-5-11-20(19)29-22(27)26-28(23(29)31)14-17-8-6-12-24-13-17/h4-6,8,10-13,16,18H,2-3,7,9,14-15H2,1H3,(H,25,30)/t16-,18-/m0/s1. The molecule has 1 aliphatic rings. The summed E-state index contributed by atoms with van der Waals surface area (Å²) in [7, 11) is 0. The number of benzene rings is 1. The molecule has 0 aliphatic heterocycles. The third kappa shape index (κ3) is 3.62. The molecule has 3 heterocycles. The van der Waals surface area contributed by atoms with E-state index in [-0.39, 0.29) is 24.2 Å². The predicted octanol–water partition coefficient (Wildman–Crippen LogP) is 2.59. The van der Waals surface area contributed by atoms with Crippen LogP contribution in [-0.4, -0.2) is 35.7 Å². The van der Waals surface area contributed by atoms with Crippen molar-refractivity contribution >= 4 is 22.7 Å². The summed E-state index contributed by atoms with van der Waals surface area (Å²) in [5, 5.41) is 7.79. The molecule has 31 heavy (non-hydrogen) atoms. The fourth-order valence-electron chi connectivity index (χ4n) is 4.62. The highest BCUT2D eigenvalue weighted by molar-refractivity contribution is 5.84. The number of aromatic nitrogens is 5. The van der Waals surface area contributed by atoms with E-state index in [2.05, 4.69) is 22.3 Å². The molecular formula is C23H26N6O2. The van der Waals surface area contributed by atoms with Gasteiger partial charge < -0.3 is 5.32 Å². The van der Waals surface area contributed by atoms with Crippen LogP contribution in [0.15, 0.2) is 53.6 Å². The number of hydrogen-bond acceptors (Lipinski definition) is 4. The van der Waals surface area contributed by atoms with Gasteiger partial charge in [-0.05, 0) is 42.5 Å². The van der Waals surface area contributed by atoms with Crippen LogP contribution in [0.2, 0.25) is 0 Å². The maximum Gasteiger partial charge on any atom is 0.352 e. The molecule has 4 aromatic rings. The van der Waals surface area contributed by atoms with Gasteiger partial charge in [-0.2, -0.15) is 0 Å². The van der Waals surface area contributed by atoms with Crippen LogP contribution in [0.1, 0.15) is 38.2 Å². The molecule has 160 valence electrons. The van der Waals surface area contributed by atoms with E-state index < -0.39 is 0 Å². The number of rotatable bonds is 5. The van der Waals surface area contributed by atoms with E-state index in [0.29, 0.717) is 18.2 Å². The molecule has 8 heteroatoms. The summed E-state index contributed by atoms with van der Waals surface area (Å²) in [5.74, 6) is 0.915. The minimum atomic E-state index is -0.227. The second kappa shape index (κ2) is 8.02. The lowest BCUT2D eigenvalue weighted by Gasteiger charge is -2.29. The lowest BCUT2D eigenvalue weighted by molar-refractivity contribution is -0.122. The summed E-state index contributed by atoms with van der Waals surface area (Å²) < 4.78 is 4.85. The molecule has 1 amide bonds. The Morgan fingerprint density at radius 2 is 1.94 bits per heavy atom. The first kappa shape index (κ1) is 19.5. The van der Waals surface area contributed by atoms with E-state index in [1.807, 2.05) is 41.0 Å². The molecule has 1 aromatic carbocycles. The molecule has 0 saturated heterocycles. The summed E-state index contributed by atoms with van der Waals surface area (Å²) in [6.45, 7) is 2.66. The zero-order valence-corrected chi connectivity index (χ0v) is 17.6. The Balaban J connectivity index is 1.51. The molecule has 1 aliphatic carbocycles. The van der Waals surface area contributed by atoms with Crippen LogP contribution in [-0.2, 0) is 17.9 Å². The van der Waals surface area contributed by atoms with Gasteiger partial charge >= 0.3 is 5.69 Å². The number of amides is 1. The van der Waals surface area contributed by atoms with E-state index in [1.165, 1.54) is 11.1 Å². The Kier molecular flexibility index (Phi) is 5.05. The lowest BCUT2D eigenvalue weighted by Crippen LogP contribution is -2.42. The number of fused-ring (bicyclic) bond motifs is 3. The summed E-state index contributed by atoms with van der Waals surface area (Å²) >= 11 is 0. The Morgan fingerprint density at radius 3 is 2.71 bits per heavy atom. The monoisotopic (exact) mass is 418 g/mol. The first-order valence-corrected chi connectivity index (χ1v) is 10.9. The quantitative estimate of drug-likeness (QED) is 0.540. The number of hydrogen-bond donors (Lipinski definition) is 1. The first-order chi connectivity index (χ1) is 15.1. The smallest absolute Gasteiger partial charge is 0.352 e. The first-order valence-electron chi connectivity index (χ1n) is 10.9. The minimum absolute atomic E-state index is 0.0451. The second-order valence-corrected chi connectivity index (χ2v) is 8.45. The molecule has 1 fully saturated rings. The van der Waals surface area contributed by atoms with Crippen LogP contribution in [0.5, 0.6) is 0 Å². The number of para-hydroxylation sites is 2. The van der Waals surface area contributed by atoms with Crippen molar-refractivity contribution in [1.82, 2.24) is 29.0 Å². The van der Waals surface area contributed by atoms with Gasteiger partial charge in [-0.3, -0.25) is 14.3 Å². The number of pyridine rings is 1. The number of carbonyl (C=O) groups excluding carboxylic acids is 1. The van der Waals surface area contributed by atoms with E-state index in [0.717, 1.165) is 35.9 Å². The number of nitrogens with zero attached hydrogens (tertiary/aromatic N) is 5. The number of nitrogens with one attached hydrogen (secondary N) is 1. The molecule has 3 aromatic heterocycles. The Labute approximate surface area is 179 Å². The lowest BCUT2D eigenvalue weighted by atomic mass is 9.86. The third-order valence-corrected chi connectivity index (χ3v) is 6.29. The largest absolute Gasteiger partial charge is 0.352 e. The van der Waals surface area contributed by atoms with Crippen LogP contribution < -0.4 is 11.0 Å². The third-order valence-electron chi connectivity index (χ3n) is 6.29. The van der Waals surface area contributed by atoms with Crippen LogP contribution >= 0.6 is 0 Å². The van der Waals surface area contributed by atoms with E-state index in [1.54, 1.807) is 16.8 Å². The molecule has 0 radical (unpaired) electrons. The average Bonchev–Trinajstić information content (AvgIpc) is 3.25. The van der Waals surface area contributed by atoms with Crippen molar-refractivity contribution in [2.24, 2.45) is 5.92 Å². The molecule has 2 atom stereocenters. The second-order valence-electron chi connectivity index (χ2n) is 8.45. The van der Waals surface area contributed by atoms with Gasteiger partial charge in [-0.25, -0.2) is 13.9 Å². The molecule has 8 nitrogen and oxygen atoms in total. The van der Waals surface area contributed by atoms with Gasteiger partial charge in [0.05, 0.1) is 17.6 Å². The fourth-order valence-corrected chi connectivity index (χ4v) is 4.62. The molecule has 0 spiro atoms. The molecule has 5 rings (SSSR count). The topological polar surface area (TPSA) is 86.2 Å². The SMILES string of the molecule is C[C@H]1CCCC[C@@H]1NC(=O)Cn1c2ccccc2n2c(=O)n(Cc3cccnc3)nc12. The van der Waals surface area contributed by atoms with Gasteiger partial charge in [-0.1, -0.05) is 38.0 Å². The van der Waals surface area contributed by atoms with Crippen molar-refractivity contribution in [2.45, 2.75) is 51.7 Å². The van der Waals surface area contributed by atoms with Crippen LogP contribution in [0.25, 0.3) is 16.8 Å². The van der Waals surface area contributed by atoms with Crippen molar-refractivity contribution < 1.29 is 4.79 Å². The van der Waals surface area contributed by atoms with Crippen LogP contribution in [0.3, 0.4) is 0 Å². The van der Waals surface area contributed by atoms with E-state index in [4.69, 9.17) is 0 Å². The molecule has 0 bridgehead atoms. The van der Waals surface area contributed by atoms with Gasteiger partial charge in [0.1, 0.15) is 6.54 Å². The van der Waals surface area contributed by atoms with Crippen molar-refractivity contribution in [1.29, 1.82) is 0 Å². The average molecular weight is 419 g/mol. The summed E-state index contributed by atoms with van der Waals surface area (Å²) in [6, 6.07) is 11.6. The van der Waals surface area contributed by atoms with Crippen molar-refractivity contribution in [2.75, 3.05) is 0 Å². The van der Waals surface area contributed by atoms with Gasteiger partial charge in [0, 0.05) is 18.4 Å². The highest BCUT2D eigenvalue weighted by atomic mass is 16.2. The van der Waals surface area contributed by atoms with Crippen molar-refractivity contribution in [3.05, 3.63) is 64.8 Å². The Bertz CT molecular complexity index is 1290. The van der Waals surface area contributed by atoms with Gasteiger partial charge in [-0.15, -0.1) is 5.10 Å². The van der Waals surface area contributed by atoms with Crippen LogP contribution in [0.4, 0.5) is 0 Å². The predicted molar refractivity (Wildman–Crippen MR) is 118 cm³/mol. The number of carbonyl (C=O) groups is 1. The summed E-state index contributed by atoms with van der Waals surface area (Å²) in [4.78, 5) is 30.2. The highest BCUT2D eigenvalue weighted by Crippen LogP contribution is 2.24. The van der Waals surface area contributed by atoms with Crippen LogP contribution in [0, 0.1) is 5.92 Å². The van der Waals surface area contributed by atoms with E-state index in [9.17, 15) is 9.59 Å². The normalized spacial score (nSPS) is 19.1. The number of imidazole rings is 1. The molecular weight excluding hydrogens is 392 g/mol. The molecule has 0 unspecified atom stereocenters. The highest BCUT2D eigenvalue weighted by Gasteiger charge is 2.24. The summed E-state index contributed by atoms with van der Waals surface area (Å²) in [5.41, 5.74) is 2.24. The minimum Gasteiger partial charge on any atom is -0.352 e. The maximum absolute atomic E-state index is 13.1. The van der Waals surface area contributed by atoms with Crippen molar-refractivity contribution in [3.8, 4) is 0 Å². The van der Waals surface area contributed by atoms with Crippen molar-refractivity contribution in [3.63, 3.8) is 0 Å². The van der Waals surface area contributed by atoms with Gasteiger partial charge in [0.15, 0.2) is 0 Å².